The molecule has 0 heterocycles. The number of alkyl halides is 3. The van der Waals surface area contributed by atoms with Crippen LogP contribution in [0.3, 0.4) is 0 Å². The second kappa shape index (κ2) is 8.28. The number of benzene rings is 2. The first-order valence-corrected chi connectivity index (χ1v) is 7.46. The molecule has 5 nitrogen and oxygen atoms in total. The van der Waals surface area contributed by atoms with Gasteiger partial charge in [-0.15, -0.1) is 0 Å². The van der Waals surface area contributed by atoms with Crippen LogP contribution in [0.2, 0.25) is 0 Å². The highest BCUT2D eigenvalue weighted by atomic mass is 19.4. The number of rotatable bonds is 6. The van der Waals surface area contributed by atoms with Gasteiger partial charge in [-0.1, -0.05) is 60.7 Å². The highest BCUT2D eigenvalue weighted by Crippen LogP contribution is 2.20. The molecule has 1 N–H and O–H groups in total. The predicted octanol–water partition coefficient (Wildman–Crippen LogP) is 2.83. The highest BCUT2D eigenvalue weighted by molar-refractivity contribution is 5.98. The van der Waals surface area contributed by atoms with Crippen molar-refractivity contribution in [3.63, 3.8) is 0 Å². The topological polar surface area (TPSA) is 72.5 Å². The molecule has 2 rings (SSSR count). The van der Waals surface area contributed by atoms with Gasteiger partial charge in [0.25, 0.3) is 0 Å². The Balaban J connectivity index is 2.10. The van der Waals surface area contributed by atoms with Crippen LogP contribution in [0.4, 0.5) is 13.2 Å². The Morgan fingerprint density at radius 3 is 2.00 bits per heavy atom. The van der Waals surface area contributed by atoms with Crippen LogP contribution in [-0.4, -0.2) is 30.4 Å². The van der Waals surface area contributed by atoms with Gasteiger partial charge in [0.05, 0.1) is 0 Å². The Hall–Kier alpha value is -3.16. The average Bonchev–Trinajstić information content (AvgIpc) is 2.64. The fourth-order valence-electron chi connectivity index (χ4n) is 2.06. The summed E-state index contributed by atoms with van der Waals surface area (Å²) in [5, 5.41) is 1.59. The number of halogens is 3. The van der Waals surface area contributed by atoms with E-state index in [0.29, 0.717) is 0 Å². The fraction of sp³-hybridized carbons (Fsp3) is 0.167. The quantitative estimate of drug-likeness (QED) is 0.631. The normalized spacial score (nSPS) is 12.1. The number of hydrogen-bond donors (Lipinski definition) is 1. The van der Waals surface area contributed by atoms with Crippen molar-refractivity contribution in [3.8, 4) is 0 Å². The number of nitrogens with one attached hydrogen (secondary N) is 1. The maximum Gasteiger partial charge on any atom is 0.471 e. The summed E-state index contributed by atoms with van der Waals surface area (Å²) < 4.78 is 42.3. The molecule has 2 aromatic carbocycles. The zero-order valence-electron chi connectivity index (χ0n) is 13.3. The molecule has 0 aliphatic heterocycles. The van der Waals surface area contributed by atoms with Crippen molar-refractivity contribution in [2.24, 2.45) is 0 Å². The molecule has 0 unspecified atom stereocenters. The van der Waals surface area contributed by atoms with E-state index in [9.17, 15) is 27.6 Å². The van der Waals surface area contributed by atoms with Crippen molar-refractivity contribution in [1.29, 1.82) is 0 Å². The Morgan fingerprint density at radius 2 is 1.46 bits per heavy atom. The summed E-state index contributed by atoms with van der Waals surface area (Å²) in [4.78, 5) is 35.3. The van der Waals surface area contributed by atoms with Crippen molar-refractivity contribution >= 4 is 17.7 Å². The van der Waals surface area contributed by atoms with Crippen LogP contribution < -0.4 is 5.32 Å². The molecule has 0 radical (unpaired) electrons. The number of amides is 1. The molecule has 0 aromatic heterocycles. The van der Waals surface area contributed by atoms with E-state index >= 15 is 0 Å². The van der Waals surface area contributed by atoms with Gasteiger partial charge in [-0.3, -0.25) is 9.59 Å². The molecule has 1 amide bonds. The second-order valence-electron chi connectivity index (χ2n) is 5.21. The molecular weight excluding hydrogens is 351 g/mol. The van der Waals surface area contributed by atoms with Gasteiger partial charge in [0.15, 0.2) is 18.4 Å². The van der Waals surface area contributed by atoms with Crippen LogP contribution in [0.25, 0.3) is 0 Å². The highest BCUT2D eigenvalue weighted by Gasteiger charge is 2.41. The van der Waals surface area contributed by atoms with E-state index in [-0.39, 0.29) is 11.1 Å². The van der Waals surface area contributed by atoms with Crippen LogP contribution in [0, 0.1) is 0 Å². The molecule has 136 valence electrons. The van der Waals surface area contributed by atoms with Crippen molar-refractivity contribution in [2.45, 2.75) is 12.2 Å². The molecule has 1 atom stereocenters. The summed E-state index contributed by atoms with van der Waals surface area (Å²) in [6.45, 7) is -0.659. The van der Waals surface area contributed by atoms with Gasteiger partial charge in [-0.2, -0.15) is 13.2 Å². The number of Topliss-reactive ketones (excluding diaryl/α,β-unsaturated/α-hetero) is 1. The predicted molar refractivity (Wildman–Crippen MR) is 85.1 cm³/mol. The number of hydrogen-bond acceptors (Lipinski definition) is 4. The second-order valence-corrected chi connectivity index (χ2v) is 5.21. The van der Waals surface area contributed by atoms with Crippen LogP contribution in [0.15, 0.2) is 60.7 Å². The van der Waals surface area contributed by atoms with Gasteiger partial charge in [-0.25, -0.2) is 4.79 Å². The molecule has 0 bridgehead atoms. The van der Waals surface area contributed by atoms with E-state index in [2.05, 4.69) is 0 Å². The maximum atomic E-state index is 12.5. The standard InChI is InChI=1S/C18H14F3NO4/c19-18(20,21)17(25)22-15(13-9-5-2-6-10-13)16(24)26-11-14(23)12-7-3-1-4-8-12/h1-10,15H,11H2,(H,22,25)/t15-/m0/s1. The largest absolute Gasteiger partial charge is 0.471 e. The third-order valence-electron chi connectivity index (χ3n) is 3.34. The lowest BCUT2D eigenvalue weighted by Gasteiger charge is -2.18. The Labute approximate surface area is 146 Å². The van der Waals surface area contributed by atoms with E-state index in [0.717, 1.165) is 0 Å². The fourth-order valence-corrected chi connectivity index (χ4v) is 2.06. The van der Waals surface area contributed by atoms with E-state index in [4.69, 9.17) is 4.74 Å². The van der Waals surface area contributed by atoms with E-state index in [1.807, 2.05) is 0 Å². The monoisotopic (exact) mass is 365 g/mol. The SMILES string of the molecule is O=C(COC(=O)[C@@H](NC(=O)C(F)(F)F)c1ccccc1)c1ccccc1. The molecule has 0 aliphatic rings. The molecule has 8 heteroatoms. The minimum atomic E-state index is -5.16. The Morgan fingerprint density at radius 1 is 0.923 bits per heavy atom. The van der Waals surface area contributed by atoms with Crippen LogP contribution in [0.5, 0.6) is 0 Å². The van der Waals surface area contributed by atoms with Crippen LogP contribution in [-0.2, 0) is 14.3 Å². The van der Waals surface area contributed by atoms with Gasteiger partial charge in [0, 0.05) is 5.56 Å². The summed E-state index contributed by atoms with van der Waals surface area (Å²) in [7, 11) is 0. The zero-order valence-corrected chi connectivity index (χ0v) is 13.3. The number of ketones is 1. The summed E-state index contributed by atoms with van der Waals surface area (Å²) in [5.74, 6) is -3.97. The minimum Gasteiger partial charge on any atom is -0.455 e. The molecule has 26 heavy (non-hydrogen) atoms. The van der Waals surface area contributed by atoms with Crippen LogP contribution in [0.1, 0.15) is 22.0 Å². The van der Waals surface area contributed by atoms with E-state index in [1.165, 1.54) is 36.4 Å². The molecular formula is C18H14F3NO4. The summed E-state index contributed by atoms with van der Waals surface area (Å²) in [5.41, 5.74) is 0.387. The van der Waals surface area contributed by atoms with Crippen LogP contribution >= 0.6 is 0 Å². The molecule has 2 aromatic rings. The number of esters is 1. The van der Waals surface area contributed by atoms with Crippen molar-refractivity contribution < 1.29 is 32.3 Å². The van der Waals surface area contributed by atoms with Gasteiger partial charge in [0.2, 0.25) is 0 Å². The number of ether oxygens (including phenoxy) is 1. The molecule has 0 saturated carbocycles. The van der Waals surface area contributed by atoms with Gasteiger partial charge >= 0.3 is 18.1 Å². The van der Waals surface area contributed by atoms with Crippen molar-refractivity contribution in [2.75, 3.05) is 6.61 Å². The van der Waals surface area contributed by atoms with Crippen molar-refractivity contribution in [3.05, 3.63) is 71.8 Å². The minimum absolute atomic E-state index is 0.0993. The number of carbonyl (C=O) groups excluding carboxylic acids is 3. The lowest BCUT2D eigenvalue weighted by atomic mass is 10.1. The Kier molecular flexibility index (Phi) is 6.11. The summed E-state index contributed by atoms with van der Waals surface area (Å²) >= 11 is 0. The third-order valence-corrected chi connectivity index (χ3v) is 3.34. The summed E-state index contributed by atoms with van der Waals surface area (Å²) in [6, 6.07) is 13.6. The van der Waals surface area contributed by atoms with E-state index in [1.54, 1.807) is 29.6 Å². The first-order valence-electron chi connectivity index (χ1n) is 7.46. The first kappa shape index (κ1) is 19.2. The number of carbonyl (C=O) groups is 3. The van der Waals surface area contributed by atoms with Gasteiger partial charge in [-0.05, 0) is 5.56 Å². The zero-order chi connectivity index (χ0) is 19.2. The third kappa shape index (κ3) is 5.17. The first-order chi connectivity index (χ1) is 12.3. The molecule has 0 spiro atoms. The van der Waals surface area contributed by atoms with Gasteiger partial charge in [0.1, 0.15) is 0 Å². The molecule has 0 fully saturated rings. The lowest BCUT2D eigenvalue weighted by Crippen LogP contribution is -2.42. The van der Waals surface area contributed by atoms with Crippen molar-refractivity contribution in [1.82, 2.24) is 5.32 Å². The Bertz CT molecular complexity index is 776. The smallest absolute Gasteiger partial charge is 0.455 e. The molecule has 0 saturated heterocycles. The summed E-state index contributed by atoms with van der Waals surface area (Å²) in [6.07, 6.45) is -5.16. The average molecular weight is 365 g/mol. The maximum absolute atomic E-state index is 12.5. The van der Waals surface area contributed by atoms with Gasteiger partial charge < -0.3 is 10.1 Å². The lowest BCUT2D eigenvalue weighted by molar-refractivity contribution is -0.176. The van der Waals surface area contributed by atoms with E-state index < -0.39 is 36.5 Å². The molecule has 0 aliphatic carbocycles.